The average Bonchev–Trinajstić information content (AvgIpc) is 3.08. The maximum absolute atomic E-state index is 13.5. The molecule has 2 aliphatic heterocycles. The van der Waals surface area contributed by atoms with Crippen LogP contribution in [0.25, 0.3) is 11.0 Å². The van der Waals surface area contributed by atoms with Crippen molar-refractivity contribution in [1.82, 2.24) is 9.88 Å². The third-order valence-corrected chi connectivity index (χ3v) is 6.22. The molecule has 0 spiro atoms. The third-order valence-electron chi connectivity index (χ3n) is 6.22. The molecule has 0 radical (unpaired) electrons. The molecule has 7 nitrogen and oxygen atoms in total. The minimum absolute atomic E-state index is 0.148. The zero-order valence-corrected chi connectivity index (χ0v) is 17.6. The fraction of sp³-hybridized carbons (Fsp3) is 0.375. The lowest BCUT2D eigenvalue weighted by Gasteiger charge is -2.27. The van der Waals surface area contributed by atoms with Gasteiger partial charge in [0.15, 0.2) is 5.43 Å². The van der Waals surface area contributed by atoms with Crippen molar-refractivity contribution in [1.29, 1.82) is 0 Å². The number of ether oxygens (including phenoxy) is 1. The molecule has 0 unspecified atom stereocenters. The van der Waals surface area contributed by atoms with Gasteiger partial charge in [0.05, 0.1) is 36.4 Å². The van der Waals surface area contributed by atoms with Crippen LogP contribution in [0, 0.1) is 6.92 Å². The first-order chi connectivity index (χ1) is 15.1. The average molecular weight is 420 g/mol. The molecule has 0 aliphatic carbocycles. The van der Waals surface area contributed by atoms with Crippen molar-refractivity contribution in [3.8, 4) is 0 Å². The van der Waals surface area contributed by atoms with E-state index in [9.17, 15) is 9.59 Å². The van der Waals surface area contributed by atoms with E-state index >= 15 is 0 Å². The number of pyridine rings is 1. The monoisotopic (exact) mass is 420 g/mol. The summed E-state index contributed by atoms with van der Waals surface area (Å²) < 4.78 is 11.4. The van der Waals surface area contributed by atoms with Crippen molar-refractivity contribution in [2.45, 2.75) is 19.4 Å². The van der Waals surface area contributed by atoms with E-state index in [4.69, 9.17) is 9.15 Å². The quantitative estimate of drug-likeness (QED) is 0.674. The van der Waals surface area contributed by atoms with Crippen LogP contribution >= 0.6 is 0 Å². The molecule has 1 fully saturated rings. The fourth-order valence-electron chi connectivity index (χ4n) is 4.62. The second kappa shape index (κ2) is 8.24. The van der Waals surface area contributed by atoms with E-state index in [1.54, 1.807) is 17.2 Å². The number of nitrogens with zero attached hydrogens (tertiary/aromatic N) is 2. The Balaban J connectivity index is 1.52. The highest BCUT2D eigenvalue weighted by Gasteiger charge is 2.43. The Hall–Kier alpha value is -3.03. The Morgan fingerprint density at radius 2 is 2.00 bits per heavy atom. The molecule has 3 aromatic rings. The van der Waals surface area contributed by atoms with Crippen LogP contribution in [-0.2, 0) is 4.74 Å². The minimum atomic E-state index is -0.524. The zero-order chi connectivity index (χ0) is 21.4. The van der Waals surface area contributed by atoms with E-state index < -0.39 is 6.04 Å². The number of carbonyl (C=O) groups is 1. The first-order valence-corrected chi connectivity index (χ1v) is 10.8. The molecule has 31 heavy (non-hydrogen) atoms. The van der Waals surface area contributed by atoms with Crippen LogP contribution < -0.4 is 10.3 Å². The smallest absolute Gasteiger partial charge is 0.290 e. The van der Waals surface area contributed by atoms with Crippen LogP contribution in [0.3, 0.4) is 0 Å². The molecule has 2 aromatic heterocycles. The lowest BCUT2D eigenvalue weighted by molar-refractivity contribution is -0.908. The van der Waals surface area contributed by atoms with Crippen LogP contribution in [0.5, 0.6) is 0 Å². The number of quaternary nitrogens is 1. The number of rotatable bonds is 5. The molecule has 1 amide bonds. The molecule has 1 aromatic carbocycles. The summed E-state index contributed by atoms with van der Waals surface area (Å²) in [5.41, 5.74) is 2.37. The first-order valence-electron chi connectivity index (χ1n) is 10.8. The van der Waals surface area contributed by atoms with Crippen LogP contribution in [0.2, 0.25) is 0 Å². The molecule has 4 heterocycles. The van der Waals surface area contributed by atoms with Crippen LogP contribution in [-0.4, -0.2) is 55.2 Å². The van der Waals surface area contributed by atoms with Gasteiger partial charge in [0, 0.05) is 19.2 Å². The number of morpholine rings is 1. The summed E-state index contributed by atoms with van der Waals surface area (Å²) in [6, 6.07) is 10.5. The lowest BCUT2D eigenvalue weighted by atomic mass is 10.0. The zero-order valence-electron chi connectivity index (χ0n) is 17.6. The van der Waals surface area contributed by atoms with E-state index in [2.05, 4.69) is 4.98 Å². The predicted octanol–water partition coefficient (Wildman–Crippen LogP) is 1.35. The van der Waals surface area contributed by atoms with Gasteiger partial charge in [-0.3, -0.25) is 14.6 Å². The second-order valence-electron chi connectivity index (χ2n) is 8.30. The number of fused-ring (bicyclic) bond motifs is 2. The van der Waals surface area contributed by atoms with Crippen molar-refractivity contribution in [2.75, 3.05) is 39.4 Å². The van der Waals surface area contributed by atoms with Crippen LogP contribution in [0.1, 0.15) is 39.8 Å². The summed E-state index contributed by atoms with van der Waals surface area (Å²) in [7, 11) is 0. The Morgan fingerprint density at radius 1 is 1.16 bits per heavy atom. The molecule has 0 bridgehead atoms. The molecule has 5 rings (SSSR count). The van der Waals surface area contributed by atoms with Crippen molar-refractivity contribution in [3.63, 3.8) is 0 Å². The highest BCUT2D eigenvalue weighted by Crippen LogP contribution is 2.37. The normalized spacial score (nSPS) is 19.2. The Morgan fingerprint density at radius 3 is 2.77 bits per heavy atom. The number of hydrogen-bond acceptors (Lipinski definition) is 5. The Bertz CT molecular complexity index is 1170. The molecule has 7 heteroatoms. The van der Waals surface area contributed by atoms with Gasteiger partial charge in [0.1, 0.15) is 24.7 Å². The van der Waals surface area contributed by atoms with Gasteiger partial charge < -0.3 is 19.0 Å². The third kappa shape index (κ3) is 3.64. The molecular formula is C24H26N3O4+. The highest BCUT2D eigenvalue weighted by molar-refractivity contribution is 5.99. The standard InChI is InChI=1S/C24H25N3O4/c1-16-6-7-19-17(15-16)22(28)20-21(18-5-2-3-8-25-18)27(24(29)23(20)31-19)10-4-9-26-11-13-30-14-12-26/h2-3,5-8,15,21H,4,9-14H2,1H3/p+1/t21-/m1/s1. The first kappa shape index (κ1) is 19.9. The summed E-state index contributed by atoms with van der Waals surface area (Å²) in [5, 5.41) is 0.507. The number of amides is 1. The Kier molecular flexibility index (Phi) is 5.29. The number of carbonyl (C=O) groups excluding carboxylic acids is 1. The molecule has 1 atom stereocenters. The molecule has 2 aliphatic rings. The number of aromatic nitrogens is 1. The predicted molar refractivity (Wildman–Crippen MR) is 115 cm³/mol. The van der Waals surface area contributed by atoms with E-state index in [1.807, 2.05) is 37.3 Å². The maximum atomic E-state index is 13.5. The summed E-state index contributed by atoms with van der Waals surface area (Å²) in [6.45, 7) is 6.98. The maximum Gasteiger partial charge on any atom is 0.290 e. The summed E-state index contributed by atoms with van der Waals surface area (Å²) in [6.07, 6.45) is 2.53. The number of benzene rings is 1. The minimum Gasteiger partial charge on any atom is -0.450 e. The van der Waals surface area contributed by atoms with Crippen LogP contribution in [0.4, 0.5) is 0 Å². The van der Waals surface area contributed by atoms with Crippen molar-refractivity contribution >= 4 is 16.9 Å². The van der Waals surface area contributed by atoms with Gasteiger partial charge in [-0.25, -0.2) is 0 Å². The van der Waals surface area contributed by atoms with Gasteiger partial charge in [-0.1, -0.05) is 17.7 Å². The van der Waals surface area contributed by atoms with E-state index in [0.717, 1.165) is 44.8 Å². The fourth-order valence-corrected chi connectivity index (χ4v) is 4.62. The van der Waals surface area contributed by atoms with E-state index in [-0.39, 0.29) is 17.1 Å². The van der Waals surface area contributed by atoms with E-state index in [1.165, 1.54) is 4.90 Å². The van der Waals surface area contributed by atoms with Gasteiger partial charge in [-0.15, -0.1) is 0 Å². The van der Waals surface area contributed by atoms with Gasteiger partial charge in [0.2, 0.25) is 5.76 Å². The topological polar surface area (TPSA) is 77.1 Å². The summed E-state index contributed by atoms with van der Waals surface area (Å²) in [4.78, 5) is 34.6. The van der Waals surface area contributed by atoms with Gasteiger partial charge in [-0.05, 0) is 31.2 Å². The van der Waals surface area contributed by atoms with Gasteiger partial charge in [-0.2, -0.15) is 0 Å². The van der Waals surface area contributed by atoms with Gasteiger partial charge >= 0.3 is 0 Å². The lowest BCUT2D eigenvalue weighted by Crippen LogP contribution is -3.14. The van der Waals surface area contributed by atoms with E-state index in [0.29, 0.717) is 28.8 Å². The number of aryl methyl sites for hydroxylation is 1. The molecule has 160 valence electrons. The largest absolute Gasteiger partial charge is 0.450 e. The summed E-state index contributed by atoms with van der Waals surface area (Å²) in [5.74, 6) is -0.0852. The van der Waals surface area contributed by atoms with Gasteiger partial charge in [0.25, 0.3) is 5.91 Å². The van der Waals surface area contributed by atoms with Crippen molar-refractivity contribution in [3.05, 3.63) is 75.4 Å². The molecule has 1 saturated heterocycles. The van der Waals surface area contributed by atoms with Crippen LogP contribution in [0.15, 0.2) is 51.8 Å². The molecule has 0 saturated carbocycles. The second-order valence-corrected chi connectivity index (χ2v) is 8.30. The highest BCUT2D eigenvalue weighted by atomic mass is 16.5. The molecular weight excluding hydrogens is 394 g/mol. The number of hydrogen-bond donors (Lipinski definition) is 1. The summed E-state index contributed by atoms with van der Waals surface area (Å²) >= 11 is 0. The van der Waals surface area contributed by atoms with Crippen molar-refractivity contribution in [2.24, 2.45) is 0 Å². The molecule has 1 N–H and O–H groups in total. The Labute approximate surface area is 180 Å². The van der Waals surface area contributed by atoms with Crippen molar-refractivity contribution < 1.29 is 18.8 Å². The SMILES string of the molecule is Cc1ccc2oc3c(c(=O)c2c1)[C@@H](c1ccccn1)N(CCC[NH+]1CCOCC1)C3=O. The number of nitrogens with one attached hydrogen (secondary N) is 1.